The van der Waals surface area contributed by atoms with Crippen molar-refractivity contribution in [3.05, 3.63) is 17.8 Å². The summed E-state index contributed by atoms with van der Waals surface area (Å²) in [5.74, 6) is 0.545. The van der Waals surface area contributed by atoms with Crippen molar-refractivity contribution in [1.82, 2.24) is 4.98 Å². The summed E-state index contributed by atoms with van der Waals surface area (Å²) in [6, 6.07) is 3.61. The number of hydrogen-bond acceptors (Lipinski definition) is 5. The Morgan fingerprint density at radius 1 is 1.53 bits per heavy atom. The largest absolute Gasteiger partial charge is 0.395 e. The van der Waals surface area contributed by atoms with Crippen molar-refractivity contribution >= 4 is 11.5 Å². The fourth-order valence-corrected chi connectivity index (χ4v) is 1.30. The third-order valence-electron chi connectivity index (χ3n) is 2.29. The minimum atomic E-state index is 0.392. The molecule has 3 N–H and O–H groups in total. The van der Waals surface area contributed by atoms with E-state index in [4.69, 9.17) is 15.7 Å². The molecule has 5 heteroatoms. The Kier molecular flexibility index (Phi) is 5.83. The molecule has 0 fully saturated rings. The molecule has 5 nitrogen and oxygen atoms in total. The van der Waals surface area contributed by atoms with Gasteiger partial charge in [-0.25, -0.2) is 4.98 Å². The third-order valence-corrected chi connectivity index (χ3v) is 2.29. The van der Waals surface area contributed by atoms with Gasteiger partial charge in [0.1, 0.15) is 6.07 Å². The highest BCUT2D eigenvalue weighted by atomic mass is 16.5. The average Bonchev–Trinajstić information content (AvgIpc) is 2.35. The number of hydrogen-bond donors (Lipinski definition) is 2. The molecule has 0 bridgehead atoms. The Hall–Kier alpha value is -1.80. The maximum Gasteiger partial charge on any atom is 0.150 e. The molecule has 0 atom stereocenters. The molecule has 0 saturated heterocycles. The summed E-state index contributed by atoms with van der Waals surface area (Å²) >= 11 is 0. The lowest BCUT2D eigenvalue weighted by Crippen LogP contribution is -2.12. The quantitative estimate of drug-likeness (QED) is 0.702. The minimum absolute atomic E-state index is 0.392. The first-order valence-electron chi connectivity index (χ1n) is 5.75. The molecular weight excluding hydrogens is 216 g/mol. The van der Waals surface area contributed by atoms with Gasteiger partial charge >= 0.3 is 0 Å². The number of nitrogen functional groups attached to an aromatic ring is 1. The lowest BCUT2D eigenvalue weighted by molar-refractivity contribution is 0.141. The summed E-state index contributed by atoms with van der Waals surface area (Å²) in [4.78, 5) is 4.08. The molecular formula is C12H18N4O. The van der Waals surface area contributed by atoms with Crippen LogP contribution in [0, 0.1) is 11.3 Å². The maximum atomic E-state index is 8.80. The van der Waals surface area contributed by atoms with E-state index in [1.165, 1.54) is 0 Å². The number of anilines is 2. The fraction of sp³-hybridized carbons (Fsp3) is 0.500. The number of nitrogens with one attached hydrogen (secondary N) is 1. The summed E-state index contributed by atoms with van der Waals surface area (Å²) < 4.78 is 5.40. The van der Waals surface area contributed by atoms with E-state index in [1.807, 2.05) is 6.07 Å². The number of nitriles is 1. The second-order valence-electron chi connectivity index (χ2n) is 3.63. The van der Waals surface area contributed by atoms with Crippen LogP contribution in [0.3, 0.4) is 0 Å². The smallest absolute Gasteiger partial charge is 0.150 e. The van der Waals surface area contributed by atoms with E-state index in [1.54, 1.807) is 12.3 Å². The van der Waals surface area contributed by atoms with Crippen molar-refractivity contribution in [2.24, 2.45) is 0 Å². The number of aromatic nitrogens is 1. The molecule has 0 spiro atoms. The number of unbranched alkanes of at least 4 members (excludes halogenated alkanes) is 1. The third kappa shape index (κ3) is 4.29. The Labute approximate surface area is 102 Å². The van der Waals surface area contributed by atoms with Gasteiger partial charge in [0, 0.05) is 19.3 Å². The molecule has 0 aromatic carbocycles. The normalized spacial score (nSPS) is 9.88. The van der Waals surface area contributed by atoms with Gasteiger partial charge in [-0.1, -0.05) is 13.3 Å². The van der Waals surface area contributed by atoms with E-state index >= 15 is 0 Å². The number of nitrogens with zero attached hydrogens (tertiary/aromatic N) is 2. The van der Waals surface area contributed by atoms with E-state index in [2.05, 4.69) is 17.2 Å². The van der Waals surface area contributed by atoms with Crippen molar-refractivity contribution < 1.29 is 4.74 Å². The topological polar surface area (TPSA) is 84.0 Å². The van der Waals surface area contributed by atoms with Gasteiger partial charge in [-0.15, -0.1) is 0 Å². The van der Waals surface area contributed by atoms with E-state index < -0.39 is 0 Å². The lowest BCUT2D eigenvalue weighted by Gasteiger charge is -2.09. The van der Waals surface area contributed by atoms with Crippen molar-refractivity contribution in [2.75, 3.05) is 30.8 Å². The summed E-state index contributed by atoms with van der Waals surface area (Å²) in [6.07, 6.45) is 3.77. The van der Waals surface area contributed by atoms with E-state index in [9.17, 15) is 0 Å². The van der Waals surface area contributed by atoms with Crippen LogP contribution in [0.4, 0.5) is 11.5 Å². The van der Waals surface area contributed by atoms with Gasteiger partial charge in [0.25, 0.3) is 0 Å². The summed E-state index contributed by atoms with van der Waals surface area (Å²) in [5.41, 5.74) is 6.60. The van der Waals surface area contributed by atoms with Crippen LogP contribution in [0.2, 0.25) is 0 Å². The molecule has 1 rings (SSSR count). The monoisotopic (exact) mass is 234 g/mol. The molecule has 0 aliphatic carbocycles. The van der Waals surface area contributed by atoms with Gasteiger partial charge in [-0.05, 0) is 12.5 Å². The van der Waals surface area contributed by atoms with Gasteiger partial charge in [0.05, 0.1) is 17.9 Å². The standard InChI is InChI=1S/C12H18N4O/c1-2-3-7-17-8-6-16-12-11(14)10(9-13)4-5-15-12/h4-5H,2-3,6-8,14H2,1H3,(H,15,16). The first kappa shape index (κ1) is 13.3. The van der Waals surface area contributed by atoms with Crippen LogP contribution in [0.5, 0.6) is 0 Å². The highest BCUT2D eigenvalue weighted by Crippen LogP contribution is 2.18. The van der Waals surface area contributed by atoms with Crippen LogP contribution in [-0.4, -0.2) is 24.7 Å². The molecule has 0 unspecified atom stereocenters. The second kappa shape index (κ2) is 7.47. The molecule has 1 heterocycles. The van der Waals surface area contributed by atoms with Crippen molar-refractivity contribution in [1.29, 1.82) is 5.26 Å². The Balaban J connectivity index is 2.35. The van der Waals surface area contributed by atoms with Crippen LogP contribution < -0.4 is 11.1 Å². The predicted octanol–water partition coefficient (Wildman–Crippen LogP) is 1.76. The summed E-state index contributed by atoms with van der Waals surface area (Å²) in [6.45, 7) is 4.15. The summed E-state index contributed by atoms with van der Waals surface area (Å²) in [5, 5.41) is 11.9. The zero-order chi connectivity index (χ0) is 12.5. The molecule has 0 amide bonds. The number of nitrogens with two attached hydrogens (primary N) is 1. The van der Waals surface area contributed by atoms with Gasteiger partial charge in [-0.3, -0.25) is 0 Å². The second-order valence-corrected chi connectivity index (χ2v) is 3.63. The van der Waals surface area contributed by atoms with Gasteiger partial charge in [-0.2, -0.15) is 5.26 Å². The van der Waals surface area contributed by atoms with Crippen LogP contribution in [0.15, 0.2) is 12.3 Å². The van der Waals surface area contributed by atoms with Crippen LogP contribution in [0.1, 0.15) is 25.3 Å². The summed E-state index contributed by atoms with van der Waals surface area (Å²) in [7, 11) is 0. The van der Waals surface area contributed by atoms with Gasteiger partial charge in [0.15, 0.2) is 5.82 Å². The Morgan fingerprint density at radius 3 is 3.06 bits per heavy atom. The van der Waals surface area contributed by atoms with Crippen LogP contribution in [0.25, 0.3) is 0 Å². The van der Waals surface area contributed by atoms with Crippen LogP contribution in [-0.2, 0) is 4.74 Å². The Morgan fingerprint density at radius 2 is 2.35 bits per heavy atom. The maximum absolute atomic E-state index is 8.80. The lowest BCUT2D eigenvalue weighted by atomic mass is 10.2. The number of rotatable bonds is 7. The van der Waals surface area contributed by atoms with E-state index in [-0.39, 0.29) is 0 Å². The molecule has 92 valence electrons. The number of pyridine rings is 1. The first-order chi connectivity index (χ1) is 8.29. The van der Waals surface area contributed by atoms with E-state index in [0.717, 1.165) is 19.4 Å². The van der Waals surface area contributed by atoms with Crippen LogP contribution >= 0.6 is 0 Å². The number of ether oxygens (including phenoxy) is 1. The predicted molar refractivity (Wildman–Crippen MR) is 67.6 cm³/mol. The van der Waals surface area contributed by atoms with Gasteiger partial charge in [0.2, 0.25) is 0 Å². The van der Waals surface area contributed by atoms with Crippen molar-refractivity contribution in [3.63, 3.8) is 0 Å². The van der Waals surface area contributed by atoms with E-state index in [0.29, 0.717) is 30.2 Å². The highest BCUT2D eigenvalue weighted by Gasteiger charge is 2.04. The average molecular weight is 234 g/mol. The first-order valence-corrected chi connectivity index (χ1v) is 5.75. The van der Waals surface area contributed by atoms with Crippen molar-refractivity contribution in [2.45, 2.75) is 19.8 Å². The molecule has 0 saturated carbocycles. The zero-order valence-electron chi connectivity index (χ0n) is 10.1. The molecule has 0 radical (unpaired) electrons. The molecule has 1 aromatic rings. The zero-order valence-corrected chi connectivity index (χ0v) is 10.1. The van der Waals surface area contributed by atoms with Crippen molar-refractivity contribution in [3.8, 4) is 6.07 Å². The highest BCUT2D eigenvalue weighted by molar-refractivity contribution is 5.68. The minimum Gasteiger partial charge on any atom is -0.395 e. The molecule has 0 aliphatic heterocycles. The molecule has 0 aliphatic rings. The van der Waals surface area contributed by atoms with Gasteiger partial charge < -0.3 is 15.8 Å². The molecule has 17 heavy (non-hydrogen) atoms. The Bertz CT molecular complexity index is 387. The molecule has 1 aromatic heterocycles. The fourth-order valence-electron chi connectivity index (χ4n) is 1.30. The SMILES string of the molecule is CCCCOCCNc1nccc(C#N)c1N.